The van der Waals surface area contributed by atoms with Crippen LogP contribution in [0.4, 0.5) is 0 Å². The Labute approximate surface area is 126 Å². The number of nitrogens with one attached hydrogen (secondary N) is 1. The molecule has 1 N–H and O–H groups in total. The van der Waals surface area contributed by atoms with Crippen LogP contribution in [0, 0.1) is 0 Å². The summed E-state index contributed by atoms with van der Waals surface area (Å²) >= 11 is 5.86. The number of unbranched alkanes of at least 4 members (excludes halogenated alkanes) is 3. The van der Waals surface area contributed by atoms with E-state index in [1.807, 2.05) is 31.2 Å². The third-order valence-electron chi connectivity index (χ3n) is 3.09. The summed E-state index contributed by atoms with van der Waals surface area (Å²) in [6.45, 7) is 4.17. The molecule has 0 saturated carbocycles. The molecule has 0 heterocycles. The van der Waals surface area contributed by atoms with Gasteiger partial charge < -0.3 is 0 Å². The summed E-state index contributed by atoms with van der Waals surface area (Å²) < 4.78 is 0. The third kappa shape index (κ3) is 6.20. The Kier molecular flexibility index (Phi) is 7.97. The molecule has 110 valence electrons. The molecule has 0 unspecified atom stereocenters. The summed E-state index contributed by atoms with van der Waals surface area (Å²) in [7, 11) is 0. The second-order valence-corrected chi connectivity index (χ2v) is 5.20. The fraction of sp³-hybridized carbons (Fsp3) is 0.500. The summed E-state index contributed by atoms with van der Waals surface area (Å²) in [6.07, 6.45) is 5.69. The lowest BCUT2D eigenvalue weighted by molar-refractivity contribution is -0.121. The van der Waals surface area contributed by atoms with Crippen LogP contribution >= 0.6 is 11.6 Å². The van der Waals surface area contributed by atoms with E-state index < -0.39 is 0 Å². The normalized spacial score (nSPS) is 11.4. The van der Waals surface area contributed by atoms with E-state index in [1.165, 1.54) is 12.8 Å². The molecule has 0 aliphatic carbocycles. The lowest BCUT2D eigenvalue weighted by atomic mass is 10.1. The first-order valence-electron chi connectivity index (χ1n) is 7.28. The number of hydrogen-bond donors (Lipinski definition) is 1. The summed E-state index contributed by atoms with van der Waals surface area (Å²) in [4.78, 5) is 11.7. The maximum absolute atomic E-state index is 11.7. The highest BCUT2D eigenvalue weighted by Gasteiger charge is 2.03. The smallest absolute Gasteiger partial charge is 0.240 e. The number of halogens is 1. The Bertz CT molecular complexity index is 440. The van der Waals surface area contributed by atoms with Gasteiger partial charge in [0.05, 0.1) is 5.71 Å². The van der Waals surface area contributed by atoms with Crippen molar-refractivity contribution in [1.29, 1.82) is 0 Å². The van der Waals surface area contributed by atoms with E-state index in [-0.39, 0.29) is 5.91 Å². The maximum atomic E-state index is 11.7. The highest BCUT2D eigenvalue weighted by atomic mass is 35.5. The first-order chi connectivity index (χ1) is 9.67. The molecule has 0 spiro atoms. The molecule has 0 saturated heterocycles. The van der Waals surface area contributed by atoms with Gasteiger partial charge in [0.25, 0.3) is 0 Å². The zero-order chi connectivity index (χ0) is 14.8. The van der Waals surface area contributed by atoms with E-state index in [4.69, 9.17) is 11.6 Å². The van der Waals surface area contributed by atoms with E-state index in [2.05, 4.69) is 17.5 Å². The molecule has 1 aromatic carbocycles. The van der Waals surface area contributed by atoms with Gasteiger partial charge in [0.2, 0.25) is 5.91 Å². The maximum Gasteiger partial charge on any atom is 0.240 e. The van der Waals surface area contributed by atoms with Crippen LogP contribution in [0.1, 0.15) is 57.9 Å². The number of hydrazone groups is 1. The molecule has 3 nitrogen and oxygen atoms in total. The zero-order valence-corrected chi connectivity index (χ0v) is 13.0. The molecule has 1 aromatic rings. The first-order valence-corrected chi connectivity index (χ1v) is 7.66. The Morgan fingerprint density at radius 2 is 1.85 bits per heavy atom. The number of benzene rings is 1. The van der Waals surface area contributed by atoms with Gasteiger partial charge >= 0.3 is 0 Å². The monoisotopic (exact) mass is 294 g/mol. The van der Waals surface area contributed by atoms with Crippen molar-refractivity contribution >= 4 is 23.2 Å². The van der Waals surface area contributed by atoms with Crippen molar-refractivity contribution in [3.8, 4) is 0 Å². The van der Waals surface area contributed by atoms with Gasteiger partial charge in [-0.25, -0.2) is 5.43 Å². The van der Waals surface area contributed by atoms with E-state index in [1.54, 1.807) is 0 Å². The minimum Gasteiger partial charge on any atom is -0.273 e. The van der Waals surface area contributed by atoms with Crippen LogP contribution in [-0.2, 0) is 4.79 Å². The van der Waals surface area contributed by atoms with E-state index in [9.17, 15) is 4.79 Å². The van der Waals surface area contributed by atoms with Gasteiger partial charge in [-0.2, -0.15) is 5.10 Å². The van der Waals surface area contributed by atoms with Crippen molar-refractivity contribution in [2.45, 2.75) is 52.4 Å². The van der Waals surface area contributed by atoms with Crippen LogP contribution < -0.4 is 5.43 Å². The van der Waals surface area contributed by atoms with Gasteiger partial charge in [-0.15, -0.1) is 0 Å². The quantitative estimate of drug-likeness (QED) is 0.427. The number of rotatable bonds is 8. The van der Waals surface area contributed by atoms with Crippen molar-refractivity contribution in [2.75, 3.05) is 0 Å². The topological polar surface area (TPSA) is 41.5 Å². The molecule has 0 bridgehead atoms. The largest absolute Gasteiger partial charge is 0.273 e. The first kappa shape index (κ1) is 16.7. The lowest BCUT2D eigenvalue weighted by Gasteiger charge is -2.05. The molecule has 0 aliphatic rings. The summed E-state index contributed by atoms with van der Waals surface area (Å²) in [5.74, 6) is -0.0129. The van der Waals surface area contributed by atoms with E-state index in [0.29, 0.717) is 11.4 Å². The van der Waals surface area contributed by atoms with Gasteiger partial charge in [-0.1, -0.05) is 56.8 Å². The van der Waals surface area contributed by atoms with Crippen molar-refractivity contribution < 1.29 is 4.79 Å². The SMILES string of the molecule is CCCCCCC(=O)N/N=C(\CC)c1ccc(Cl)cc1. The lowest BCUT2D eigenvalue weighted by Crippen LogP contribution is -2.19. The van der Waals surface area contributed by atoms with Crippen molar-refractivity contribution in [3.63, 3.8) is 0 Å². The summed E-state index contributed by atoms with van der Waals surface area (Å²) in [5.41, 5.74) is 4.49. The standard InChI is InChI=1S/C16H23ClN2O/c1-3-5-6-7-8-16(20)19-18-15(4-2)13-9-11-14(17)12-10-13/h9-12H,3-8H2,1-2H3,(H,19,20)/b18-15+. The number of amides is 1. The van der Waals surface area contributed by atoms with Crippen molar-refractivity contribution in [1.82, 2.24) is 5.43 Å². The van der Waals surface area contributed by atoms with Gasteiger partial charge in [-0.3, -0.25) is 4.79 Å². The molecule has 20 heavy (non-hydrogen) atoms. The number of carbonyl (C=O) groups excluding carboxylic acids is 1. The number of hydrogen-bond acceptors (Lipinski definition) is 2. The third-order valence-corrected chi connectivity index (χ3v) is 3.34. The zero-order valence-electron chi connectivity index (χ0n) is 12.3. The molecule has 0 aromatic heterocycles. The average Bonchev–Trinajstić information content (AvgIpc) is 2.46. The fourth-order valence-corrected chi connectivity index (χ4v) is 2.01. The Balaban J connectivity index is 2.49. The molecule has 0 radical (unpaired) electrons. The van der Waals surface area contributed by atoms with Gasteiger partial charge in [-0.05, 0) is 30.5 Å². The Morgan fingerprint density at radius 1 is 1.15 bits per heavy atom. The van der Waals surface area contributed by atoms with Crippen LogP contribution in [0.2, 0.25) is 5.02 Å². The average molecular weight is 295 g/mol. The van der Waals surface area contributed by atoms with Gasteiger partial charge in [0.1, 0.15) is 0 Å². The van der Waals surface area contributed by atoms with Crippen LogP contribution in [0.25, 0.3) is 0 Å². The minimum absolute atomic E-state index is 0.0129. The molecule has 1 rings (SSSR count). The molecule has 0 fully saturated rings. The fourth-order valence-electron chi connectivity index (χ4n) is 1.89. The van der Waals surface area contributed by atoms with E-state index >= 15 is 0 Å². The van der Waals surface area contributed by atoms with Crippen LogP contribution in [0.15, 0.2) is 29.4 Å². The van der Waals surface area contributed by atoms with Crippen LogP contribution in [0.5, 0.6) is 0 Å². The van der Waals surface area contributed by atoms with Crippen molar-refractivity contribution in [3.05, 3.63) is 34.9 Å². The Hall–Kier alpha value is -1.35. The Morgan fingerprint density at radius 3 is 2.45 bits per heavy atom. The molecular formula is C16H23ClN2O. The molecule has 0 atom stereocenters. The number of carbonyl (C=O) groups is 1. The van der Waals surface area contributed by atoms with Gasteiger partial charge in [0, 0.05) is 11.4 Å². The van der Waals surface area contributed by atoms with E-state index in [0.717, 1.165) is 30.5 Å². The minimum atomic E-state index is -0.0129. The van der Waals surface area contributed by atoms with Crippen molar-refractivity contribution in [2.24, 2.45) is 5.10 Å². The number of nitrogens with zero attached hydrogens (tertiary/aromatic N) is 1. The predicted octanol–water partition coefficient (Wildman–Crippen LogP) is 4.54. The second kappa shape index (κ2) is 9.54. The molecular weight excluding hydrogens is 272 g/mol. The molecule has 1 amide bonds. The highest BCUT2D eigenvalue weighted by molar-refractivity contribution is 6.30. The highest BCUT2D eigenvalue weighted by Crippen LogP contribution is 2.11. The summed E-state index contributed by atoms with van der Waals surface area (Å²) in [5, 5.41) is 4.91. The molecule has 0 aliphatic heterocycles. The van der Waals surface area contributed by atoms with Gasteiger partial charge in [0.15, 0.2) is 0 Å². The predicted molar refractivity (Wildman–Crippen MR) is 85.2 cm³/mol. The van der Waals surface area contributed by atoms with Crippen LogP contribution in [-0.4, -0.2) is 11.6 Å². The molecule has 4 heteroatoms. The summed E-state index contributed by atoms with van der Waals surface area (Å²) in [6, 6.07) is 7.49. The van der Waals surface area contributed by atoms with Crippen LogP contribution in [0.3, 0.4) is 0 Å². The second-order valence-electron chi connectivity index (χ2n) is 4.76.